The van der Waals surface area contributed by atoms with Gasteiger partial charge in [-0.15, -0.1) is 0 Å². The minimum absolute atomic E-state index is 0.391. The van der Waals surface area contributed by atoms with Crippen molar-refractivity contribution in [2.24, 2.45) is 0 Å². The Hall–Kier alpha value is -3.50. The molecule has 0 saturated heterocycles. The number of carbonyl (C=O) groups excluding carboxylic acids is 2. The third-order valence-corrected chi connectivity index (χ3v) is 5.50. The largest absolute Gasteiger partial charge is 0.327 e. The zero-order chi connectivity index (χ0) is 19.8. The van der Waals surface area contributed by atoms with Crippen molar-refractivity contribution < 1.29 is 9.59 Å². The summed E-state index contributed by atoms with van der Waals surface area (Å²) in [6.07, 6.45) is 0. The molecule has 0 spiro atoms. The monoisotopic (exact) mass is 380 g/mol. The summed E-state index contributed by atoms with van der Waals surface area (Å²) in [6, 6.07) is 27.7. The number of carbonyl (C=O) groups is 2. The van der Waals surface area contributed by atoms with Crippen molar-refractivity contribution in [1.82, 2.24) is 4.90 Å². The first-order chi connectivity index (χ1) is 14.2. The van der Waals surface area contributed by atoms with E-state index in [2.05, 4.69) is 21.9 Å². The first-order valence-corrected chi connectivity index (χ1v) is 9.73. The molecule has 29 heavy (non-hydrogen) atoms. The van der Waals surface area contributed by atoms with Crippen LogP contribution in [0.15, 0.2) is 90.5 Å². The molecule has 0 N–H and O–H groups in total. The van der Waals surface area contributed by atoms with E-state index in [1.807, 2.05) is 66.7 Å². The molecule has 4 nitrogen and oxygen atoms in total. The standard InChI is InChI=1S/C25H20N2O2/c28-24-21-14-8-7-13-20(21)23-22(25(24)29)16-26(15-18-9-3-1-4-10-18)17-27(23)19-11-5-2-6-12-19/h1-14H,15-17H2. The lowest BCUT2D eigenvalue weighted by atomic mass is 9.85. The molecule has 0 aromatic heterocycles. The molecule has 0 saturated carbocycles. The Morgan fingerprint density at radius 3 is 2.03 bits per heavy atom. The van der Waals surface area contributed by atoms with Crippen molar-refractivity contribution >= 4 is 23.0 Å². The van der Waals surface area contributed by atoms with Gasteiger partial charge in [-0.05, 0) is 17.7 Å². The van der Waals surface area contributed by atoms with Crippen LogP contribution in [0.4, 0.5) is 5.69 Å². The maximum Gasteiger partial charge on any atom is 0.233 e. The Morgan fingerprint density at radius 1 is 0.690 bits per heavy atom. The van der Waals surface area contributed by atoms with Crippen molar-refractivity contribution in [2.75, 3.05) is 18.1 Å². The number of benzene rings is 3. The van der Waals surface area contributed by atoms with E-state index < -0.39 is 11.6 Å². The van der Waals surface area contributed by atoms with Crippen LogP contribution in [0.3, 0.4) is 0 Å². The Kier molecular flexibility index (Phi) is 4.34. The molecular formula is C25H20N2O2. The third-order valence-electron chi connectivity index (χ3n) is 5.50. The second-order valence-electron chi connectivity index (χ2n) is 7.41. The van der Waals surface area contributed by atoms with E-state index in [1.54, 1.807) is 6.07 Å². The van der Waals surface area contributed by atoms with E-state index in [-0.39, 0.29) is 0 Å². The first kappa shape index (κ1) is 17.6. The minimum atomic E-state index is -0.408. The van der Waals surface area contributed by atoms with Gasteiger partial charge in [0.05, 0.1) is 12.4 Å². The van der Waals surface area contributed by atoms with Gasteiger partial charge in [0, 0.05) is 35.5 Å². The fourth-order valence-electron chi connectivity index (χ4n) is 4.18. The summed E-state index contributed by atoms with van der Waals surface area (Å²) in [5, 5.41) is 0. The van der Waals surface area contributed by atoms with Crippen molar-refractivity contribution in [1.29, 1.82) is 0 Å². The lowest BCUT2D eigenvalue weighted by Gasteiger charge is -2.41. The molecule has 3 aromatic rings. The molecule has 0 amide bonds. The maximum absolute atomic E-state index is 13.0. The number of ketones is 2. The van der Waals surface area contributed by atoms with Crippen LogP contribution in [0.5, 0.6) is 0 Å². The number of anilines is 1. The summed E-state index contributed by atoms with van der Waals surface area (Å²) >= 11 is 0. The fraction of sp³-hybridized carbons (Fsp3) is 0.120. The van der Waals surface area contributed by atoms with Gasteiger partial charge in [-0.2, -0.15) is 0 Å². The molecule has 1 aliphatic heterocycles. The van der Waals surface area contributed by atoms with E-state index in [4.69, 9.17) is 0 Å². The number of Topliss-reactive ketones (excluding diaryl/α,β-unsaturated/α-hetero) is 2. The van der Waals surface area contributed by atoms with Crippen LogP contribution < -0.4 is 4.90 Å². The van der Waals surface area contributed by atoms with Crippen molar-refractivity contribution in [3.63, 3.8) is 0 Å². The van der Waals surface area contributed by atoms with Gasteiger partial charge >= 0.3 is 0 Å². The summed E-state index contributed by atoms with van der Waals surface area (Å²) in [6.45, 7) is 1.82. The summed E-state index contributed by atoms with van der Waals surface area (Å²) in [5.74, 6) is -0.800. The smallest absolute Gasteiger partial charge is 0.233 e. The molecule has 1 heterocycles. The van der Waals surface area contributed by atoms with Gasteiger partial charge in [0.1, 0.15) is 0 Å². The number of hydrogen-bond donors (Lipinski definition) is 0. The van der Waals surface area contributed by atoms with Gasteiger partial charge in [0.25, 0.3) is 0 Å². The minimum Gasteiger partial charge on any atom is -0.327 e. The second-order valence-corrected chi connectivity index (χ2v) is 7.41. The van der Waals surface area contributed by atoms with Gasteiger partial charge in [0.2, 0.25) is 11.6 Å². The zero-order valence-corrected chi connectivity index (χ0v) is 15.9. The van der Waals surface area contributed by atoms with Crippen LogP contribution in [-0.2, 0) is 11.3 Å². The van der Waals surface area contributed by atoms with Crippen LogP contribution >= 0.6 is 0 Å². The topological polar surface area (TPSA) is 40.6 Å². The van der Waals surface area contributed by atoms with E-state index >= 15 is 0 Å². The van der Waals surface area contributed by atoms with Gasteiger partial charge in [0.15, 0.2) is 0 Å². The SMILES string of the molecule is O=C1C(=O)c2ccccc2C2=C1CN(Cc1ccccc1)CN2c1ccccc1. The molecule has 2 aliphatic rings. The highest BCUT2D eigenvalue weighted by atomic mass is 16.2. The molecule has 0 fully saturated rings. The highest BCUT2D eigenvalue weighted by Crippen LogP contribution is 2.38. The molecule has 142 valence electrons. The van der Waals surface area contributed by atoms with Crippen molar-refractivity contribution in [3.8, 4) is 0 Å². The van der Waals surface area contributed by atoms with Crippen LogP contribution in [0.1, 0.15) is 21.5 Å². The normalized spacial score (nSPS) is 16.6. The van der Waals surface area contributed by atoms with Crippen molar-refractivity contribution in [3.05, 3.63) is 107 Å². The van der Waals surface area contributed by atoms with Gasteiger partial charge < -0.3 is 4.90 Å². The molecule has 5 rings (SSSR count). The number of hydrogen-bond acceptors (Lipinski definition) is 4. The Morgan fingerprint density at radius 2 is 1.31 bits per heavy atom. The first-order valence-electron chi connectivity index (χ1n) is 9.73. The number of nitrogens with zero attached hydrogens (tertiary/aromatic N) is 2. The van der Waals surface area contributed by atoms with E-state index in [0.717, 1.165) is 16.9 Å². The molecule has 0 radical (unpaired) electrons. The van der Waals surface area contributed by atoms with E-state index in [1.165, 1.54) is 5.56 Å². The Bertz CT molecular complexity index is 1120. The third kappa shape index (κ3) is 3.08. The summed E-state index contributed by atoms with van der Waals surface area (Å²) < 4.78 is 0. The van der Waals surface area contributed by atoms with Gasteiger partial charge in [-0.3, -0.25) is 14.5 Å². The van der Waals surface area contributed by atoms with Gasteiger partial charge in [-0.25, -0.2) is 0 Å². The molecule has 4 heteroatoms. The maximum atomic E-state index is 13.0. The van der Waals surface area contributed by atoms with E-state index in [9.17, 15) is 9.59 Å². The van der Waals surface area contributed by atoms with Crippen LogP contribution in [0.2, 0.25) is 0 Å². The van der Waals surface area contributed by atoms with Crippen LogP contribution in [0, 0.1) is 0 Å². The van der Waals surface area contributed by atoms with Crippen LogP contribution in [-0.4, -0.2) is 29.7 Å². The molecule has 0 atom stereocenters. The number of rotatable bonds is 3. The number of para-hydroxylation sites is 1. The predicted octanol–water partition coefficient (Wildman–Crippen LogP) is 4.14. The van der Waals surface area contributed by atoms with Gasteiger partial charge in [-0.1, -0.05) is 72.8 Å². The number of fused-ring (bicyclic) bond motifs is 2. The Balaban J connectivity index is 1.63. The molecule has 0 unspecified atom stereocenters. The second kappa shape index (κ2) is 7.15. The zero-order valence-electron chi connectivity index (χ0n) is 15.9. The predicted molar refractivity (Wildman–Crippen MR) is 113 cm³/mol. The average molecular weight is 380 g/mol. The highest BCUT2D eigenvalue weighted by molar-refractivity contribution is 6.52. The summed E-state index contributed by atoms with van der Waals surface area (Å²) in [5.41, 5.74) is 4.97. The average Bonchev–Trinajstić information content (AvgIpc) is 2.78. The summed E-state index contributed by atoms with van der Waals surface area (Å²) in [4.78, 5) is 30.2. The molecule has 0 bridgehead atoms. The Labute approximate surface area is 169 Å². The van der Waals surface area contributed by atoms with E-state index in [0.29, 0.717) is 30.9 Å². The highest BCUT2D eigenvalue weighted by Gasteiger charge is 2.39. The van der Waals surface area contributed by atoms with Crippen molar-refractivity contribution in [2.45, 2.75) is 6.54 Å². The lowest BCUT2D eigenvalue weighted by molar-refractivity contribution is -0.112. The lowest BCUT2D eigenvalue weighted by Crippen LogP contribution is -2.47. The molecule has 3 aromatic carbocycles. The molecular weight excluding hydrogens is 360 g/mol. The van der Waals surface area contributed by atoms with Crippen LogP contribution in [0.25, 0.3) is 5.70 Å². The quantitative estimate of drug-likeness (QED) is 0.641. The molecule has 1 aliphatic carbocycles. The fourth-order valence-corrected chi connectivity index (χ4v) is 4.18. The summed E-state index contributed by atoms with van der Waals surface area (Å²) in [7, 11) is 0.